The van der Waals surface area contributed by atoms with Gasteiger partial charge in [-0.25, -0.2) is 4.98 Å². The van der Waals surface area contributed by atoms with E-state index in [2.05, 4.69) is 48.9 Å². The van der Waals surface area contributed by atoms with Crippen molar-refractivity contribution in [2.75, 3.05) is 6.54 Å². The van der Waals surface area contributed by atoms with E-state index in [0.717, 1.165) is 48.8 Å². The highest BCUT2D eigenvalue weighted by atomic mass is 16.1. The molecule has 0 amide bonds. The standard InChI is InChI=1S/C18H27N5O/c1-6-23-10-13(12(2)21-23)9-22-8-7-15-14(11-22)16(24)20-17(19-15)18(3,4)5/h10H,6-9,11H2,1-5H3,(H,19,20,24). The Balaban J connectivity index is 1.82. The van der Waals surface area contributed by atoms with Crippen LogP contribution in [0.1, 0.15) is 56.0 Å². The number of aryl methyl sites for hydroxylation is 2. The summed E-state index contributed by atoms with van der Waals surface area (Å²) in [6, 6.07) is 0. The number of rotatable bonds is 3. The Morgan fingerprint density at radius 2 is 2.08 bits per heavy atom. The fourth-order valence-electron chi connectivity index (χ4n) is 3.09. The molecule has 0 aliphatic carbocycles. The Kier molecular flexibility index (Phi) is 4.34. The molecule has 1 aliphatic heterocycles. The molecule has 0 unspecified atom stereocenters. The third-order valence-corrected chi connectivity index (χ3v) is 4.62. The second-order valence-electron chi connectivity index (χ2n) is 7.65. The number of hydrogen-bond acceptors (Lipinski definition) is 4. The Morgan fingerprint density at radius 1 is 1.33 bits per heavy atom. The summed E-state index contributed by atoms with van der Waals surface area (Å²) in [5.41, 5.74) is 3.94. The van der Waals surface area contributed by atoms with Gasteiger partial charge in [-0.3, -0.25) is 14.4 Å². The lowest BCUT2D eigenvalue weighted by Crippen LogP contribution is -2.37. The van der Waals surface area contributed by atoms with Crippen LogP contribution in [-0.4, -0.2) is 31.2 Å². The average molecular weight is 329 g/mol. The van der Waals surface area contributed by atoms with Crippen LogP contribution in [0, 0.1) is 6.92 Å². The van der Waals surface area contributed by atoms with Gasteiger partial charge in [0.25, 0.3) is 5.56 Å². The third kappa shape index (κ3) is 3.29. The monoisotopic (exact) mass is 329 g/mol. The summed E-state index contributed by atoms with van der Waals surface area (Å²) in [5, 5.41) is 4.50. The fourth-order valence-corrected chi connectivity index (χ4v) is 3.09. The topological polar surface area (TPSA) is 66.8 Å². The molecule has 0 fully saturated rings. The van der Waals surface area contributed by atoms with Gasteiger partial charge in [-0.2, -0.15) is 5.10 Å². The summed E-state index contributed by atoms with van der Waals surface area (Å²) in [5.74, 6) is 0.778. The molecule has 0 saturated carbocycles. The molecular formula is C18H27N5O. The molecule has 3 rings (SSSR count). The highest BCUT2D eigenvalue weighted by molar-refractivity contribution is 5.23. The minimum Gasteiger partial charge on any atom is -0.310 e. The zero-order chi connectivity index (χ0) is 17.5. The zero-order valence-corrected chi connectivity index (χ0v) is 15.3. The summed E-state index contributed by atoms with van der Waals surface area (Å²) in [7, 11) is 0. The molecule has 0 saturated heterocycles. The van der Waals surface area contributed by atoms with Crippen LogP contribution < -0.4 is 5.56 Å². The molecule has 0 bridgehead atoms. The lowest BCUT2D eigenvalue weighted by atomic mass is 9.95. The van der Waals surface area contributed by atoms with Crippen molar-refractivity contribution < 1.29 is 0 Å². The largest absolute Gasteiger partial charge is 0.310 e. The molecule has 6 nitrogen and oxygen atoms in total. The molecule has 0 radical (unpaired) electrons. The lowest BCUT2D eigenvalue weighted by Gasteiger charge is -2.28. The number of aromatic nitrogens is 4. The third-order valence-electron chi connectivity index (χ3n) is 4.62. The van der Waals surface area contributed by atoms with Crippen LogP contribution in [0.4, 0.5) is 0 Å². The molecule has 2 aromatic rings. The van der Waals surface area contributed by atoms with Crippen LogP contribution in [0.2, 0.25) is 0 Å². The molecule has 0 aromatic carbocycles. The van der Waals surface area contributed by atoms with Gasteiger partial charge in [-0.15, -0.1) is 0 Å². The Labute approximate surface area is 142 Å². The number of aromatic amines is 1. The van der Waals surface area contributed by atoms with E-state index >= 15 is 0 Å². The smallest absolute Gasteiger partial charge is 0.255 e. The summed E-state index contributed by atoms with van der Waals surface area (Å²) in [4.78, 5) is 22.5. The van der Waals surface area contributed by atoms with Crippen LogP contribution in [0.3, 0.4) is 0 Å². The first-order valence-corrected chi connectivity index (χ1v) is 8.65. The number of nitrogens with zero attached hydrogens (tertiary/aromatic N) is 4. The normalized spacial score (nSPS) is 15.5. The number of H-pyrrole nitrogens is 1. The molecule has 6 heteroatoms. The molecule has 2 aromatic heterocycles. The van der Waals surface area contributed by atoms with Gasteiger partial charge in [0.2, 0.25) is 0 Å². The SMILES string of the molecule is CCn1cc(CN2CCc3nc(C(C)(C)C)[nH]c(=O)c3C2)c(C)n1. The van der Waals surface area contributed by atoms with Gasteiger partial charge in [-0.1, -0.05) is 20.8 Å². The van der Waals surface area contributed by atoms with Crippen molar-refractivity contribution in [3.8, 4) is 0 Å². The van der Waals surface area contributed by atoms with Gasteiger partial charge in [0, 0.05) is 49.8 Å². The maximum Gasteiger partial charge on any atom is 0.255 e. The zero-order valence-electron chi connectivity index (χ0n) is 15.3. The van der Waals surface area contributed by atoms with Gasteiger partial charge in [-0.05, 0) is 13.8 Å². The molecular weight excluding hydrogens is 302 g/mol. The van der Waals surface area contributed by atoms with Crippen LogP contribution in [0.5, 0.6) is 0 Å². The summed E-state index contributed by atoms with van der Waals surface area (Å²) in [6.45, 7) is 13.6. The van der Waals surface area contributed by atoms with Crippen molar-refractivity contribution in [2.24, 2.45) is 0 Å². The van der Waals surface area contributed by atoms with Crippen LogP contribution in [0.15, 0.2) is 11.0 Å². The molecule has 0 spiro atoms. The highest BCUT2D eigenvalue weighted by Crippen LogP contribution is 2.21. The van der Waals surface area contributed by atoms with Crippen LogP contribution >= 0.6 is 0 Å². The van der Waals surface area contributed by atoms with E-state index < -0.39 is 0 Å². The van der Waals surface area contributed by atoms with Crippen molar-refractivity contribution in [1.82, 2.24) is 24.6 Å². The first-order valence-electron chi connectivity index (χ1n) is 8.65. The van der Waals surface area contributed by atoms with Gasteiger partial charge < -0.3 is 4.98 Å². The van der Waals surface area contributed by atoms with Gasteiger partial charge in [0.05, 0.1) is 17.0 Å². The van der Waals surface area contributed by atoms with Crippen molar-refractivity contribution in [3.05, 3.63) is 44.9 Å². The maximum atomic E-state index is 12.5. The Morgan fingerprint density at radius 3 is 2.71 bits per heavy atom. The summed E-state index contributed by atoms with van der Waals surface area (Å²) >= 11 is 0. The Bertz CT molecular complexity index is 797. The van der Waals surface area contributed by atoms with Crippen molar-refractivity contribution >= 4 is 0 Å². The van der Waals surface area contributed by atoms with Gasteiger partial charge >= 0.3 is 0 Å². The van der Waals surface area contributed by atoms with Crippen molar-refractivity contribution in [3.63, 3.8) is 0 Å². The van der Waals surface area contributed by atoms with E-state index in [1.165, 1.54) is 5.56 Å². The van der Waals surface area contributed by atoms with E-state index in [9.17, 15) is 4.79 Å². The molecule has 24 heavy (non-hydrogen) atoms. The molecule has 130 valence electrons. The average Bonchev–Trinajstić information content (AvgIpc) is 2.87. The van der Waals surface area contributed by atoms with Crippen molar-refractivity contribution in [1.29, 1.82) is 0 Å². The first kappa shape index (κ1) is 16.9. The van der Waals surface area contributed by atoms with Gasteiger partial charge in [0.1, 0.15) is 5.82 Å². The minimum absolute atomic E-state index is 0.00982. The number of hydrogen-bond donors (Lipinski definition) is 1. The van der Waals surface area contributed by atoms with Crippen LogP contribution in [-0.2, 0) is 31.5 Å². The van der Waals surface area contributed by atoms with E-state index in [1.807, 2.05) is 11.6 Å². The van der Waals surface area contributed by atoms with E-state index in [0.29, 0.717) is 6.54 Å². The fraction of sp³-hybridized carbons (Fsp3) is 0.611. The van der Waals surface area contributed by atoms with Crippen molar-refractivity contribution in [2.45, 2.75) is 66.1 Å². The molecule has 1 N–H and O–H groups in total. The van der Waals surface area contributed by atoms with Gasteiger partial charge in [0.15, 0.2) is 0 Å². The maximum absolute atomic E-state index is 12.5. The minimum atomic E-state index is -0.142. The lowest BCUT2D eigenvalue weighted by molar-refractivity contribution is 0.240. The molecule has 1 aliphatic rings. The molecule has 3 heterocycles. The van der Waals surface area contributed by atoms with E-state index in [1.54, 1.807) is 0 Å². The Hall–Kier alpha value is -1.95. The predicted octanol–water partition coefficient (Wildman–Crippen LogP) is 2.15. The quantitative estimate of drug-likeness (QED) is 0.937. The van der Waals surface area contributed by atoms with Crippen LogP contribution in [0.25, 0.3) is 0 Å². The second kappa shape index (κ2) is 6.16. The summed E-state index contributed by atoms with van der Waals surface area (Å²) in [6.07, 6.45) is 2.93. The second-order valence-corrected chi connectivity index (χ2v) is 7.65. The summed E-state index contributed by atoms with van der Waals surface area (Å²) < 4.78 is 1.96. The first-order chi connectivity index (χ1) is 11.3. The number of nitrogens with one attached hydrogen (secondary N) is 1. The van der Waals surface area contributed by atoms with E-state index in [4.69, 9.17) is 4.98 Å². The highest BCUT2D eigenvalue weighted by Gasteiger charge is 2.25. The molecule has 0 atom stereocenters. The predicted molar refractivity (Wildman–Crippen MR) is 94.0 cm³/mol. The number of fused-ring (bicyclic) bond motifs is 1. The van der Waals surface area contributed by atoms with E-state index in [-0.39, 0.29) is 11.0 Å².